The van der Waals surface area contributed by atoms with Gasteiger partial charge in [0.25, 0.3) is 0 Å². The summed E-state index contributed by atoms with van der Waals surface area (Å²) in [5, 5.41) is 9.83. The molecule has 1 saturated carbocycles. The Morgan fingerprint density at radius 1 is 0.943 bits per heavy atom. The minimum atomic E-state index is -0.224. The van der Waals surface area contributed by atoms with Crippen molar-refractivity contribution in [1.82, 2.24) is 10.2 Å². The van der Waals surface area contributed by atoms with Crippen LogP contribution in [0.2, 0.25) is 5.02 Å². The van der Waals surface area contributed by atoms with Gasteiger partial charge in [0.2, 0.25) is 5.91 Å². The van der Waals surface area contributed by atoms with Gasteiger partial charge in [-0.3, -0.25) is 14.6 Å². The predicted octanol–water partition coefficient (Wildman–Crippen LogP) is 4.18. The number of hydrogen-bond donors (Lipinski definition) is 3. The van der Waals surface area contributed by atoms with E-state index in [1.54, 1.807) is 29.2 Å². The molecule has 3 amide bonds. The van der Waals surface area contributed by atoms with Crippen molar-refractivity contribution >= 4 is 40.6 Å². The highest BCUT2D eigenvalue weighted by Crippen LogP contribution is 2.21. The van der Waals surface area contributed by atoms with Gasteiger partial charge in [0.1, 0.15) is 0 Å². The predicted molar refractivity (Wildman–Crippen MR) is 140 cm³/mol. The topological polar surface area (TPSA) is 85.9 Å². The Hall–Kier alpha value is -2.65. The monoisotopic (exact) mass is 499 g/mol. The van der Waals surface area contributed by atoms with Crippen LogP contribution in [0.4, 0.5) is 21.9 Å². The molecule has 2 aromatic carbocycles. The van der Waals surface area contributed by atoms with Crippen molar-refractivity contribution in [1.29, 1.82) is 0 Å². The zero-order valence-electron chi connectivity index (χ0n) is 20.0. The molecule has 8 nitrogen and oxygen atoms in total. The number of ether oxygens (including phenoxy) is 1. The molecule has 0 radical (unpaired) electrons. The fraction of sp³-hybridized carbons (Fsp3) is 0.462. The summed E-state index contributed by atoms with van der Waals surface area (Å²) in [6.45, 7) is 4.70. The summed E-state index contributed by atoms with van der Waals surface area (Å²) in [5.74, 6) is -0.0608. The van der Waals surface area contributed by atoms with Crippen LogP contribution >= 0.6 is 11.6 Å². The number of nitrogens with one attached hydrogen (secondary N) is 3. The highest BCUT2D eigenvalue weighted by molar-refractivity contribution is 6.30. The molecule has 2 fully saturated rings. The van der Waals surface area contributed by atoms with Crippen LogP contribution in [-0.2, 0) is 9.53 Å². The van der Waals surface area contributed by atoms with E-state index in [0.29, 0.717) is 48.7 Å². The minimum Gasteiger partial charge on any atom is -0.379 e. The fourth-order valence-electron chi connectivity index (χ4n) is 4.44. The van der Waals surface area contributed by atoms with E-state index in [4.69, 9.17) is 16.3 Å². The van der Waals surface area contributed by atoms with Crippen LogP contribution in [0.25, 0.3) is 0 Å². The Bertz CT molecular complexity index is 958. The molecule has 2 aromatic rings. The van der Waals surface area contributed by atoms with Crippen molar-refractivity contribution in [2.24, 2.45) is 0 Å². The molecule has 0 bridgehead atoms. The number of halogens is 1. The molecule has 0 atom stereocenters. The summed E-state index contributed by atoms with van der Waals surface area (Å²) in [4.78, 5) is 29.5. The van der Waals surface area contributed by atoms with Crippen LogP contribution in [0.5, 0.6) is 0 Å². The summed E-state index contributed by atoms with van der Waals surface area (Å²) in [6.07, 6.45) is 4.74. The first-order valence-electron chi connectivity index (χ1n) is 12.3. The van der Waals surface area contributed by atoms with Crippen molar-refractivity contribution in [2.75, 3.05) is 61.5 Å². The van der Waals surface area contributed by atoms with Crippen molar-refractivity contribution in [2.45, 2.75) is 31.7 Å². The zero-order valence-corrected chi connectivity index (χ0v) is 20.7. The van der Waals surface area contributed by atoms with Gasteiger partial charge in [0, 0.05) is 54.3 Å². The zero-order chi connectivity index (χ0) is 24.5. The molecular formula is C26H34ClN5O3. The Balaban J connectivity index is 1.38. The van der Waals surface area contributed by atoms with Gasteiger partial charge in [0.15, 0.2) is 0 Å². The third kappa shape index (κ3) is 7.93. The summed E-state index contributed by atoms with van der Waals surface area (Å²) in [5.41, 5.74) is 2.14. The Morgan fingerprint density at radius 2 is 1.57 bits per heavy atom. The first-order valence-corrected chi connectivity index (χ1v) is 12.7. The van der Waals surface area contributed by atoms with Gasteiger partial charge in [-0.1, -0.05) is 24.4 Å². The fourth-order valence-corrected chi connectivity index (χ4v) is 4.56. The van der Waals surface area contributed by atoms with Gasteiger partial charge in [0.05, 0.1) is 19.8 Å². The lowest BCUT2D eigenvalue weighted by Gasteiger charge is -2.30. The van der Waals surface area contributed by atoms with Crippen LogP contribution < -0.4 is 20.9 Å². The van der Waals surface area contributed by atoms with Crippen LogP contribution in [0.1, 0.15) is 25.7 Å². The van der Waals surface area contributed by atoms with Crippen molar-refractivity contribution < 1.29 is 14.3 Å². The number of carbonyl (C=O) groups excluding carboxylic acids is 2. The molecule has 188 valence electrons. The molecule has 1 saturated heterocycles. The van der Waals surface area contributed by atoms with Gasteiger partial charge in [-0.05, 0) is 61.4 Å². The second-order valence-corrected chi connectivity index (χ2v) is 9.44. The molecule has 0 spiro atoms. The molecular weight excluding hydrogens is 466 g/mol. The summed E-state index contributed by atoms with van der Waals surface area (Å²) < 4.78 is 5.43. The maximum atomic E-state index is 13.2. The van der Waals surface area contributed by atoms with Gasteiger partial charge in [-0.15, -0.1) is 0 Å². The number of anilines is 3. The smallest absolute Gasteiger partial charge is 0.326 e. The van der Waals surface area contributed by atoms with Gasteiger partial charge >= 0.3 is 6.03 Å². The van der Waals surface area contributed by atoms with E-state index in [-0.39, 0.29) is 11.9 Å². The maximum absolute atomic E-state index is 13.2. The second kappa shape index (κ2) is 12.9. The largest absolute Gasteiger partial charge is 0.379 e. The maximum Gasteiger partial charge on any atom is 0.326 e. The van der Waals surface area contributed by atoms with E-state index in [2.05, 4.69) is 20.9 Å². The lowest BCUT2D eigenvalue weighted by Crippen LogP contribution is -2.44. The molecule has 4 rings (SSSR count). The van der Waals surface area contributed by atoms with E-state index < -0.39 is 0 Å². The molecule has 1 aliphatic carbocycles. The average molecular weight is 500 g/mol. The van der Waals surface area contributed by atoms with Crippen LogP contribution in [0.3, 0.4) is 0 Å². The summed E-state index contributed by atoms with van der Waals surface area (Å²) in [7, 11) is 0. The van der Waals surface area contributed by atoms with Gasteiger partial charge < -0.3 is 20.7 Å². The third-order valence-electron chi connectivity index (χ3n) is 6.45. The molecule has 1 aliphatic heterocycles. The Kier molecular flexibility index (Phi) is 9.36. The van der Waals surface area contributed by atoms with Crippen LogP contribution in [-0.4, -0.2) is 68.8 Å². The van der Waals surface area contributed by atoms with Crippen LogP contribution in [0, 0.1) is 0 Å². The Morgan fingerprint density at radius 3 is 2.26 bits per heavy atom. The highest BCUT2D eigenvalue weighted by atomic mass is 35.5. The molecule has 0 aromatic heterocycles. The molecule has 35 heavy (non-hydrogen) atoms. The summed E-state index contributed by atoms with van der Waals surface area (Å²) in [6, 6.07) is 14.7. The lowest BCUT2D eigenvalue weighted by atomic mass is 10.2. The van der Waals surface area contributed by atoms with E-state index in [9.17, 15) is 9.59 Å². The van der Waals surface area contributed by atoms with E-state index in [0.717, 1.165) is 38.2 Å². The SMILES string of the molecule is O=C(CNC1CCCC1)Nc1ccc(N(CCN2CCOCC2)C(=O)Nc2ccc(Cl)cc2)cc1. The third-order valence-corrected chi connectivity index (χ3v) is 6.71. The number of carbonyl (C=O) groups is 2. The van der Waals surface area contributed by atoms with Gasteiger partial charge in [-0.2, -0.15) is 0 Å². The lowest BCUT2D eigenvalue weighted by molar-refractivity contribution is -0.115. The quantitative estimate of drug-likeness (QED) is 0.482. The first-order chi connectivity index (χ1) is 17.1. The Labute approximate surface area is 211 Å². The summed E-state index contributed by atoms with van der Waals surface area (Å²) >= 11 is 5.97. The molecule has 3 N–H and O–H groups in total. The highest BCUT2D eigenvalue weighted by Gasteiger charge is 2.19. The number of nitrogens with zero attached hydrogens (tertiary/aromatic N) is 2. The number of urea groups is 1. The average Bonchev–Trinajstić information content (AvgIpc) is 3.40. The van der Waals surface area contributed by atoms with Crippen LogP contribution in [0.15, 0.2) is 48.5 Å². The van der Waals surface area contributed by atoms with E-state index in [1.807, 2.05) is 24.3 Å². The van der Waals surface area contributed by atoms with Crippen molar-refractivity contribution in [3.63, 3.8) is 0 Å². The standard InChI is InChI=1S/C26H34ClN5O3/c27-20-5-7-23(8-6-20)30-26(34)32(14-13-31-15-17-35-18-16-31)24-11-9-22(10-12-24)29-25(33)19-28-21-3-1-2-4-21/h5-12,21,28H,1-4,13-19H2,(H,29,33)(H,30,34). The number of morpholine rings is 1. The molecule has 1 heterocycles. The van der Waals surface area contributed by atoms with Gasteiger partial charge in [-0.25, -0.2) is 4.79 Å². The normalized spacial score (nSPS) is 16.7. The van der Waals surface area contributed by atoms with Crippen molar-refractivity contribution in [3.8, 4) is 0 Å². The number of amides is 3. The molecule has 0 unspecified atom stereocenters. The van der Waals surface area contributed by atoms with Crippen molar-refractivity contribution in [3.05, 3.63) is 53.6 Å². The number of hydrogen-bond acceptors (Lipinski definition) is 5. The van der Waals surface area contributed by atoms with E-state index in [1.165, 1.54) is 12.8 Å². The van der Waals surface area contributed by atoms with E-state index >= 15 is 0 Å². The number of benzene rings is 2. The minimum absolute atomic E-state index is 0.0608. The first kappa shape index (κ1) is 25.4. The molecule has 2 aliphatic rings. The molecule has 9 heteroatoms. The second-order valence-electron chi connectivity index (χ2n) is 9.00. The number of rotatable bonds is 9.